The van der Waals surface area contributed by atoms with Crippen molar-refractivity contribution in [2.24, 2.45) is 0 Å². The summed E-state index contributed by atoms with van der Waals surface area (Å²) in [4.78, 5) is 55.8. The first-order valence-corrected chi connectivity index (χ1v) is 12.2. The molecule has 2 aliphatic heterocycles. The average molecular weight is 479 g/mol. The number of ketones is 1. The van der Waals surface area contributed by atoms with Crippen LogP contribution in [0.5, 0.6) is 0 Å². The number of piperazine rings is 1. The third-order valence-electron chi connectivity index (χ3n) is 6.92. The van der Waals surface area contributed by atoms with Gasteiger partial charge in [-0.05, 0) is 52.8 Å². The van der Waals surface area contributed by atoms with Crippen LogP contribution in [0.1, 0.15) is 69.7 Å². The Hall–Kier alpha value is -3.26. The number of imide groups is 1. The quantitative estimate of drug-likeness (QED) is 0.471. The van der Waals surface area contributed by atoms with Crippen LogP contribution in [0.3, 0.4) is 0 Å². The molecule has 1 saturated heterocycles. The predicted molar refractivity (Wildman–Crippen MR) is 133 cm³/mol. The maximum absolute atomic E-state index is 13.0. The fraction of sp³-hybridized carbons (Fsp3) is 0.481. The molecule has 2 aliphatic rings. The van der Waals surface area contributed by atoms with E-state index in [0.717, 1.165) is 21.9 Å². The van der Waals surface area contributed by atoms with Crippen LogP contribution >= 0.6 is 0 Å². The number of hydrogen-bond acceptors (Lipinski definition) is 5. The summed E-state index contributed by atoms with van der Waals surface area (Å²) in [5.41, 5.74) is 3.52. The van der Waals surface area contributed by atoms with Crippen molar-refractivity contribution in [2.45, 2.75) is 46.6 Å². The fourth-order valence-electron chi connectivity index (χ4n) is 5.33. The van der Waals surface area contributed by atoms with E-state index in [-0.39, 0.29) is 42.0 Å². The van der Waals surface area contributed by atoms with Crippen LogP contribution in [0.4, 0.5) is 0 Å². The largest absolute Gasteiger partial charge is 0.343 e. The van der Waals surface area contributed by atoms with Crippen LogP contribution in [-0.4, -0.2) is 82.0 Å². The number of carbonyl (C=O) groups is 4. The third kappa shape index (κ3) is 4.80. The molecule has 0 radical (unpaired) electrons. The summed E-state index contributed by atoms with van der Waals surface area (Å²) in [6.45, 7) is 13.1. The lowest BCUT2D eigenvalue weighted by molar-refractivity contribution is -0.132. The van der Waals surface area contributed by atoms with Gasteiger partial charge in [0.2, 0.25) is 5.91 Å². The van der Waals surface area contributed by atoms with Gasteiger partial charge in [0.25, 0.3) is 11.8 Å². The lowest BCUT2D eigenvalue weighted by Crippen LogP contribution is -2.50. The zero-order valence-corrected chi connectivity index (χ0v) is 21.3. The standard InChI is InChI=1S/C27H34N4O4/c1-18-16-22(19(2)31(18)27(3,4)5)23(32)17-28-12-14-29(15-13-28)24(33)10-11-30-25(34)20-8-6-7-9-21(20)26(30)35/h6-9,16H,10-15,17H2,1-5H3. The molecule has 0 aliphatic carbocycles. The minimum atomic E-state index is -0.340. The van der Waals surface area contributed by atoms with Gasteiger partial charge < -0.3 is 9.47 Å². The lowest BCUT2D eigenvalue weighted by atomic mass is 10.1. The highest BCUT2D eigenvalue weighted by atomic mass is 16.2. The van der Waals surface area contributed by atoms with E-state index in [4.69, 9.17) is 0 Å². The van der Waals surface area contributed by atoms with E-state index in [1.165, 1.54) is 0 Å². The van der Waals surface area contributed by atoms with Crippen molar-refractivity contribution in [3.05, 3.63) is 58.4 Å². The maximum atomic E-state index is 13.0. The highest BCUT2D eigenvalue weighted by molar-refractivity contribution is 6.21. The van der Waals surface area contributed by atoms with Gasteiger partial charge in [-0.15, -0.1) is 0 Å². The summed E-state index contributed by atoms with van der Waals surface area (Å²) >= 11 is 0. The number of fused-ring (bicyclic) bond motifs is 1. The summed E-state index contributed by atoms with van der Waals surface area (Å²) in [5, 5.41) is 0. The molecule has 35 heavy (non-hydrogen) atoms. The van der Waals surface area contributed by atoms with Crippen LogP contribution in [-0.2, 0) is 10.3 Å². The van der Waals surface area contributed by atoms with Crippen LogP contribution in [0.2, 0.25) is 0 Å². The Labute approximate surface area is 206 Å². The number of hydrogen-bond donors (Lipinski definition) is 0. The molecule has 3 heterocycles. The summed E-state index contributed by atoms with van der Waals surface area (Å²) < 4.78 is 2.20. The molecule has 8 heteroatoms. The van der Waals surface area contributed by atoms with Gasteiger partial charge in [-0.2, -0.15) is 0 Å². The van der Waals surface area contributed by atoms with Crippen molar-refractivity contribution >= 4 is 23.5 Å². The van der Waals surface area contributed by atoms with Crippen LogP contribution in [0.25, 0.3) is 0 Å². The molecule has 0 unspecified atom stereocenters. The molecule has 0 N–H and O–H groups in total. The first kappa shape index (κ1) is 24.9. The molecule has 186 valence electrons. The molecule has 4 rings (SSSR count). The SMILES string of the molecule is Cc1cc(C(=O)CN2CCN(C(=O)CCN3C(=O)c4ccccc4C3=O)CC2)c(C)n1C(C)(C)C. The number of aromatic nitrogens is 1. The molecular formula is C27H34N4O4. The molecule has 2 aromatic rings. The van der Waals surface area contributed by atoms with Crippen LogP contribution in [0, 0.1) is 13.8 Å². The summed E-state index contributed by atoms with van der Waals surface area (Å²) in [6.07, 6.45) is 0.100. The number of amides is 3. The van der Waals surface area contributed by atoms with E-state index in [2.05, 4.69) is 30.2 Å². The second-order valence-corrected chi connectivity index (χ2v) is 10.4. The number of aryl methyl sites for hydroxylation is 1. The van der Waals surface area contributed by atoms with Gasteiger partial charge in [0.1, 0.15) is 0 Å². The van der Waals surface area contributed by atoms with Gasteiger partial charge in [-0.25, -0.2) is 0 Å². The van der Waals surface area contributed by atoms with E-state index in [1.54, 1.807) is 29.2 Å². The molecule has 0 atom stereocenters. The molecular weight excluding hydrogens is 444 g/mol. The molecule has 1 aromatic carbocycles. The minimum Gasteiger partial charge on any atom is -0.343 e. The van der Waals surface area contributed by atoms with Crippen LogP contribution in [0.15, 0.2) is 30.3 Å². The van der Waals surface area contributed by atoms with Gasteiger partial charge in [-0.3, -0.25) is 29.0 Å². The monoisotopic (exact) mass is 478 g/mol. The number of carbonyl (C=O) groups excluding carboxylic acids is 4. The van der Waals surface area contributed by atoms with Crippen molar-refractivity contribution in [2.75, 3.05) is 39.3 Å². The Morgan fingerprint density at radius 3 is 2.00 bits per heavy atom. The normalized spacial score (nSPS) is 16.7. The third-order valence-corrected chi connectivity index (χ3v) is 6.92. The molecule has 8 nitrogen and oxygen atoms in total. The Morgan fingerprint density at radius 1 is 0.914 bits per heavy atom. The predicted octanol–water partition coefficient (Wildman–Crippen LogP) is 2.87. The smallest absolute Gasteiger partial charge is 0.261 e. The summed E-state index contributed by atoms with van der Waals surface area (Å²) in [6, 6.07) is 8.70. The Bertz CT molecular complexity index is 1150. The molecule has 1 fully saturated rings. The van der Waals surface area contributed by atoms with Crippen LogP contribution < -0.4 is 0 Å². The highest BCUT2D eigenvalue weighted by Gasteiger charge is 2.35. The Morgan fingerprint density at radius 2 is 1.49 bits per heavy atom. The Balaban J connectivity index is 1.28. The van der Waals surface area contributed by atoms with Gasteiger partial charge in [0, 0.05) is 61.6 Å². The van der Waals surface area contributed by atoms with E-state index in [1.807, 2.05) is 19.9 Å². The molecule has 3 amide bonds. The second kappa shape index (κ2) is 9.41. The van der Waals surface area contributed by atoms with Gasteiger partial charge >= 0.3 is 0 Å². The zero-order valence-electron chi connectivity index (χ0n) is 21.3. The first-order chi connectivity index (χ1) is 16.5. The molecule has 1 aromatic heterocycles. The number of rotatable bonds is 6. The number of nitrogens with zero attached hydrogens (tertiary/aromatic N) is 4. The number of benzene rings is 1. The van der Waals surface area contributed by atoms with Gasteiger partial charge in [-0.1, -0.05) is 12.1 Å². The first-order valence-electron chi connectivity index (χ1n) is 12.2. The highest BCUT2D eigenvalue weighted by Crippen LogP contribution is 2.25. The Kier molecular flexibility index (Phi) is 6.68. The van der Waals surface area contributed by atoms with Crippen molar-refractivity contribution in [1.82, 2.24) is 19.3 Å². The fourth-order valence-corrected chi connectivity index (χ4v) is 5.33. The van der Waals surface area contributed by atoms with Crippen molar-refractivity contribution in [1.29, 1.82) is 0 Å². The van der Waals surface area contributed by atoms with E-state index >= 15 is 0 Å². The maximum Gasteiger partial charge on any atom is 0.261 e. The van der Waals surface area contributed by atoms with Crippen molar-refractivity contribution in [3.8, 4) is 0 Å². The van der Waals surface area contributed by atoms with E-state index in [9.17, 15) is 19.2 Å². The van der Waals surface area contributed by atoms with E-state index < -0.39 is 0 Å². The topological polar surface area (TPSA) is 82.9 Å². The molecule has 0 spiro atoms. The summed E-state index contributed by atoms with van der Waals surface area (Å²) in [7, 11) is 0. The summed E-state index contributed by atoms with van der Waals surface area (Å²) in [5.74, 6) is -0.666. The van der Waals surface area contributed by atoms with Crippen molar-refractivity contribution in [3.63, 3.8) is 0 Å². The zero-order chi connectivity index (χ0) is 25.5. The van der Waals surface area contributed by atoms with E-state index in [0.29, 0.717) is 43.9 Å². The lowest BCUT2D eigenvalue weighted by Gasteiger charge is -2.34. The second-order valence-electron chi connectivity index (χ2n) is 10.4. The van der Waals surface area contributed by atoms with Crippen molar-refractivity contribution < 1.29 is 19.2 Å². The minimum absolute atomic E-state index is 0.0767. The van der Waals surface area contributed by atoms with Gasteiger partial charge in [0.15, 0.2) is 5.78 Å². The molecule has 0 bridgehead atoms. The molecule has 0 saturated carbocycles. The average Bonchev–Trinajstić information content (AvgIpc) is 3.25. The van der Waals surface area contributed by atoms with Gasteiger partial charge in [0.05, 0.1) is 17.7 Å². The number of Topliss-reactive ketones (excluding diaryl/α,β-unsaturated/α-hetero) is 1.